The fraction of sp³-hybridized carbons (Fsp3) is 0.556. The van der Waals surface area contributed by atoms with E-state index in [0.717, 1.165) is 48.6 Å². The molecular weight excluding hydrogens is 294 g/mol. The van der Waals surface area contributed by atoms with E-state index in [1.807, 2.05) is 25.1 Å². The highest BCUT2D eigenvalue weighted by molar-refractivity contribution is 5.68. The lowest BCUT2D eigenvalue weighted by atomic mass is 10.0. The summed E-state index contributed by atoms with van der Waals surface area (Å²) >= 11 is 0. The molecule has 23 heavy (non-hydrogen) atoms. The molecule has 1 fully saturated rings. The van der Waals surface area contributed by atoms with Gasteiger partial charge in [0, 0.05) is 18.6 Å². The van der Waals surface area contributed by atoms with E-state index in [1.54, 1.807) is 0 Å². The molecule has 0 radical (unpaired) electrons. The Kier molecular flexibility index (Phi) is 5.08. The van der Waals surface area contributed by atoms with E-state index in [-0.39, 0.29) is 5.60 Å². The smallest absolute Gasteiger partial charge is 0.161 e. The summed E-state index contributed by atoms with van der Waals surface area (Å²) in [5.41, 5.74) is 4.69. The Morgan fingerprint density at radius 3 is 2.87 bits per heavy atom. The molecule has 2 aliphatic rings. The quantitative estimate of drug-likeness (QED) is 0.782. The van der Waals surface area contributed by atoms with Crippen molar-refractivity contribution in [3.63, 3.8) is 0 Å². The number of hydrogen-bond donors (Lipinski definition) is 1. The molecular formula is C18H25NO4. The molecule has 2 aliphatic heterocycles. The Labute approximate surface area is 137 Å². The molecule has 5 nitrogen and oxygen atoms in total. The number of unbranched alkanes of at least 4 members (excludes halogenated alkanes) is 1. The van der Waals surface area contributed by atoms with Crippen molar-refractivity contribution in [1.82, 2.24) is 5.48 Å². The number of nitrogens with one attached hydrogen (secondary N) is 1. The summed E-state index contributed by atoms with van der Waals surface area (Å²) in [6, 6.07) is 6.00. The Hall–Kier alpha value is -1.72. The van der Waals surface area contributed by atoms with Crippen LogP contribution in [0.4, 0.5) is 0 Å². The van der Waals surface area contributed by atoms with Crippen LogP contribution in [0.2, 0.25) is 0 Å². The molecule has 5 heteroatoms. The zero-order valence-electron chi connectivity index (χ0n) is 13.9. The summed E-state index contributed by atoms with van der Waals surface area (Å²) in [6.07, 6.45) is 5.14. The van der Waals surface area contributed by atoms with Gasteiger partial charge in [-0.3, -0.25) is 10.3 Å². The van der Waals surface area contributed by atoms with Crippen LogP contribution >= 0.6 is 0 Å². The molecule has 1 saturated heterocycles. The van der Waals surface area contributed by atoms with Gasteiger partial charge in [-0.1, -0.05) is 13.3 Å². The summed E-state index contributed by atoms with van der Waals surface area (Å²) in [4.78, 5) is 5.74. The van der Waals surface area contributed by atoms with E-state index >= 15 is 0 Å². The number of ether oxygens (including phenoxy) is 3. The Morgan fingerprint density at radius 2 is 2.13 bits per heavy atom. The van der Waals surface area contributed by atoms with Crippen LogP contribution in [0.25, 0.3) is 5.70 Å². The van der Waals surface area contributed by atoms with Crippen LogP contribution < -0.4 is 15.0 Å². The third-order valence-corrected chi connectivity index (χ3v) is 4.10. The average Bonchev–Trinajstić information content (AvgIpc) is 3.20. The van der Waals surface area contributed by atoms with E-state index < -0.39 is 0 Å². The van der Waals surface area contributed by atoms with Crippen molar-refractivity contribution in [2.45, 2.75) is 38.7 Å². The first-order chi connectivity index (χ1) is 11.3. The Balaban J connectivity index is 1.79. The van der Waals surface area contributed by atoms with Crippen LogP contribution in [0, 0.1) is 0 Å². The third-order valence-electron chi connectivity index (χ3n) is 4.10. The minimum Gasteiger partial charge on any atom is -0.490 e. The monoisotopic (exact) mass is 319 g/mol. The van der Waals surface area contributed by atoms with Gasteiger partial charge in [-0.25, -0.2) is 0 Å². The molecule has 0 aliphatic carbocycles. The van der Waals surface area contributed by atoms with Gasteiger partial charge in [-0.15, -0.1) is 0 Å². The lowest BCUT2D eigenvalue weighted by molar-refractivity contribution is -0.0373. The highest BCUT2D eigenvalue weighted by Gasteiger charge is 2.39. The van der Waals surface area contributed by atoms with E-state index in [0.29, 0.717) is 19.8 Å². The second-order valence-corrected chi connectivity index (χ2v) is 5.93. The van der Waals surface area contributed by atoms with Gasteiger partial charge >= 0.3 is 0 Å². The molecule has 2 heterocycles. The lowest BCUT2D eigenvalue weighted by Gasteiger charge is -2.15. The van der Waals surface area contributed by atoms with Crippen LogP contribution in [0.3, 0.4) is 0 Å². The van der Waals surface area contributed by atoms with Crippen molar-refractivity contribution >= 4 is 5.70 Å². The minimum atomic E-state index is -0.322. The summed E-state index contributed by atoms with van der Waals surface area (Å²) in [7, 11) is 0. The number of rotatable bonds is 7. The zero-order valence-corrected chi connectivity index (χ0v) is 13.9. The lowest BCUT2D eigenvalue weighted by Crippen LogP contribution is -2.29. The average molecular weight is 319 g/mol. The molecule has 1 atom stereocenters. The largest absolute Gasteiger partial charge is 0.490 e. The van der Waals surface area contributed by atoms with Gasteiger partial charge in [0.25, 0.3) is 0 Å². The van der Waals surface area contributed by atoms with Crippen LogP contribution in [-0.4, -0.2) is 32.0 Å². The first-order valence-corrected chi connectivity index (χ1v) is 8.41. The van der Waals surface area contributed by atoms with Gasteiger partial charge in [0.15, 0.2) is 11.5 Å². The molecule has 1 aromatic carbocycles. The maximum atomic E-state index is 5.82. The topological polar surface area (TPSA) is 49.0 Å². The van der Waals surface area contributed by atoms with E-state index in [4.69, 9.17) is 19.0 Å². The number of hydrogen-bond acceptors (Lipinski definition) is 5. The third kappa shape index (κ3) is 3.62. The Morgan fingerprint density at radius 1 is 1.22 bits per heavy atom. The van der Waals surface area contributed by atoms with Crippen LogP contribution in [0.5, 0.6) is 11.5 Å². The number of hydroxylamine groups is 1. The summed E-state index contributed by atoms with van der Waals surface area (Å²) in [5.74, 6) is 1.56. The van der Waals surface area contributed by atoms with E-state index in [1.165, 1.54) is 0 Å². The summed E-state index contributed by atoms with van der Waals surface area (Å²) in [6.45, 7) is 6.77. The van der Waals surface area contributed by atoms with Crippen molar-refractivity contribution in [2.75, 3.05) is 26.4 Å². The van der Waals surface area contributed by atoms with Crippen molar-refractivity contribution < 1.29 is 19.0 Å². The number of benzene rings is 1. The summed E-state index contributed by atoms with van der Waals surface area (Å²) in [5, 5.41) is 0. The minimum absolute atomic E-state index is 0.322. The maximum Gasteiger partial charge on any atom is 0.161 e. The first-order valence-electron chi connectivity index (χ1n) is 8.41. The molecule has 0 amide bonds. The summed E-state index contributed by atoms with van der Waals surface area (Å²) < 4.78 is 17.0. The van der Waals surface area contributed by atoms with Crippen molar-refractivity contribution in [2.24, 2.45) is 0 Å². The Bertz CT molecular complexity index is 564. The molecule has 0 bridgehead atoms. The van der Waals surface area contributed by atoms with Gasteiger partial charge in [0.2, 0.25) is 0 Å². The maximum absolute atomic E-state index is 5.82. The first kappa shape index (κ1) is 16.1. The van der Waals surface area contributed by atoms with Crippen LogP contribution in [0.15, 0.2) is 24.3 Å². The molecule has 0 aromatic heterocycles. The van der Waals surface area contributed by atoms with Crippen LogP contribution in [0.1, 0.15) is 38.7 Å². The molecule has 0 saturated carbocycles. The van der Waals surface area contributed by atoms with Crippen LogP contribution in [-0.2, 0) is 9.57 Å². The van der Waals surface area contributed by atoms with Crippen molar-refractivity contribution in [1.29, 1.82) is 0 Å². The van der Waals surface area contributed by atoms with Crippen molar-refractivity contribution in [3.8, 4) is 11.5 Å². The van der Waals surface area contributed by atoms with Gasteiger partial charge < -0.3 is 14.2 Å². The van der Waals surface area contributed by atoms with Crippen molar-refractivity contribution in [3.05, 3.63) is 29.8 Å². The molecule has 1 unspecified atom stereocenters. The van der Waals surface area contributed by atoms with Gasteiger partial charge in [-0.05, 0) is 37.6 Å². The molecule has 1 spiro atoms. The fourth-order valence-electron chi connectivity index (χ4n) is 2.77. The highest BCUT2D eigenvalue weighted by atomic mass is 16.7. The molecule has 1 N–H and O–H groups in total. The molecule has 126 valence electrons. The predicted molar refractivity (Wildman–Crippen MR) is 88.4 cm³/mol. The van der Waals surface area contributed by atoms with Gasteiger partial charge in [0.05, 0.1) is 25.5 Å². The van der Waals surface area contributed by atoms with Gasteiger partial charge in [-0.2, -0.15) is 0 Å². The molecule has 1 aromatic rings. The predicted octanol–water partition coefficient (Wildman–Crippen LogP) is 3.30. The second-order valence-electron chi connectivity index (χ2n) is 5.93. The SMILES string of the molecule is CCCCOc1ccc(C2=CC3(CCOC3)ON2)cc1OCC. The zero-order chi connectivity index (χ0) is 16.1. The standard InChI is InChI=1S/C18H25NO4/c1-3-5-9-22-16-7-6-14(11-17(16)21-4-2)15-12-18(23-19-15)8-10-20-13-18/h6-7,11-12,19H,3-5,8-10,13H2,1-2H3. The van der Waals surface area contributed by atoms with Gasteiger partial charge in [0.1, 0.15) is 5.60 Å². The highest BCUT2D eigenvalue weighted by Crippen LogP contribution is 2.36. The van der Waals surface area contributed by atoms with E-state index in [2.05, 4.69) is 18.5 Å². The fourth-order valence-corrected chi connectivity index (χ4v) is 2.77. The van der Waals surface area contributed by atoms with E-state index in [9.17, 15) is 0 Å². The molecule has 3 rings (SSSR count). The second kappa shape index (κ2) is 7.23. The normalized spacial score (nSPS) is 23.0.